The maximum absolute atomic E-state index is 12.3. The lowest BCUT2D eigenvalue weighted by molar-refractivity contribution is 0.237. The molecule has 1 aliphatic carbocycles. The molecule has 126 valence electrons. The van der Waals surface area contributed by atoms with Gasteiger partial charge in [-0.25, -0.2) is 4.98 Å². The summed E-state index contributed by atoms with van der Waals surface area (Å²) in [5.74, 6) is 1.64. The number of nitrogens with zero attached hydrogens (tertiary/aromatic N) is 2. The monoisotopic (exact) mass is 345 g/mol. The van der Waals surface area contributed by atoms with E-state index in [1.54, 1.807) is 6.07 Å². The topological polar surface area (TPSA) is 69.2 Å². The van der Waals surface area contributed by atoms with Crippen molar-refractivity contribution in [1.82, 2.24) is 14.9 Å². The van der Waals surface area contributed by atoms with Crippen molar-refractivity contribution in [3.05, 3.63) is 56.2 Å². The molecule has 2 N–H and O–H groups in total. The van der Waals surface area contributed by atoms with E-state index in [9.17, 15) is 9.90 Å². The van der Waals surface area contributed by atoms with Crippen LogP contribution in [0.25, 0.3) is 0 Å². The second kappa shape index (κ2) is 6.22. The Balaban J connectivity index is 1.55. The van der Waals surface area contributed by atoms with Gasteiger partial charge in [-0.2, -0.15) is 0 Å². The predicted octanol–water partition coefficient (Wildman–Crippen LogP) is 2.64. The largest absolute Gasteiger partial charge is 0.506 e. The van der Waals surface area contributed by atoms with Crippen molar-refractivity contribution in [2.24, 2.45) is 5.92 Å². The molecule has 0 spiro atoms. The summed E-state index contributed by atoms with van der Waals surface area (Å²) >= 11 is 5.98. The number of hydrogen-bond donors (Lipinski definition) is 2. The van der Waals surface area contributed by atoms with Crippen molar-refractivity contribution < 1.29 is 5.11 Å². The Kier molecular flexibility index (Phi) is 4.06. The molecule has 4 rings (SSSR count). The summed E-state index contributed by atoms with van der Waals surface area (Å²) in [5.41, 5.74) is 2.50. The number of H-pyrrole nitrogens is 1. The number of para-hydroxylation sites is 1. The Bertz CT molecular complexity index is 829. The molecule has 1 aromatic carbocycles. The van der Waals surface area contributed by atoms with Crippen molar-refractivity contribution in [2.45, 2.75) is 38.8 Å². The highest BCUT2D eigenvalue weighted by Gasteiger charge is 2.25. The lowest BCUT2D eigenvalue weighted by Gasteiger charge is -2.28. The molecule has 1 fully saturated rings. The quantitative estimate of drug-likeness (QED) is 0.893. The van der Waals surface area contributed by atoms with E-state index in [-0.39, 0.29) is 11.3 Å². The molecule has 0 unspecified atom stereocenters. The van der Waals surface area contributed by atoms with Gasteiger partial charge in [-0.1, -0.05) is 23.7 Å². The van der Waals surface area contributed by atoms with Crippen molar-refractivity contribution >= 4 is 11.6 Å². The van der Waals surface area contributed by atoms with Crippen molar-refractivity contribution in [2.75, 3.05) is 6.54 Å². The molecule has 0 amide bonds. The Morgan fingerprint density at radius 1 is 1.38 bits per heavy atom. The molecule has 6 heteroatoms. The van der Waals surface area contributed by atoms with Gasteiger partial charge in [0.25, 0.3) is 5.56 Å². The van der Waals surface area contributed by atoms with E-state index in [2.05, 4.69) is 9.88 Å². The van der Waals surface area contributed by atoms with Crippen LogP contribution in [0.5, 0.6) is 5.75 Å². The SMILES string of the molecule is O=c1[nH]c(CC2CC2)nc2c1CCN(Cc1cccc(Cl)c1O)C2. The fourth-order valence-electron chi connectivity index (χ4n) is 3.30. The number of aromatic amines is 1. The fraction of sp³-hybridized carbons (Fsp3) is 0.444. The van der Waals surface area contributed by atoms with Gasteiger partial charge in [0.2, 0.25) is 0 Å². The van der Waals surface area contributed by atoms with Crippen LogP contribution in [0, 0.1) is 5.92 Å². The molecular formula is C18H20ClN3O2. The summed E-state index contributed by atoms with van der Waals surface area (Å²) in [6.07, 6.45) is 4.03. The van der Waals surface area contributed by atoms with Gasteiger partial charge in [0.05, 0.1) is 10.7 Å². The summed E-state index contributed by atoms with van der Waals surface area (Å²) < 4.78 is 0. The Labute approximate surface area is 145 Å². The average Bonchev–Trinajstić information content (AvgIpc) is 3.35. The van der Waals surface area contributed by atoms with Gasteiger partial charge >= 0.3 is 0 Å². The van der Waals surface area contributed by atoms with E-state index < -0.39 is 0 Å². The maximum atomic E-state index is 12.3. The Hall–Kier alpha value is -1.85. The van der Waals surface area contributed by atoms with Crippen LogP contribution in [0.1, 0.15) is 35.5 Å². The molecule has 0 saturated heterocycles. The third kappa shape index (κ3) is 3.19. The average molecular weight is 346 g/mol. The molecule has 2 aromatic rings. The normalized spacial score (nSPS) is 17.7. The molecule has 1 saturated carbocycles. The third-order valence-electron chi connectivity index (χ3n) is 4.84. The van der Waals surface area contributed by atoms with Crippen LogP contribution in [0.3, 0.4) is 0 Å². The number of aromatic nitrogens is 2. The van der Waals surface area contributed by atoms with Gasteiger partial charge in [-0.05, 0) is 31.2 Å². The van der Waals surface area contributed by atoms with Gasteiger partial charge < -0.3 is 10.1 Å². The van der Waals surface area contributed by atoms with Crippen LogP contribution in [-0.4, -0.2) is 26.5 Å². The highest BCUT2D eigenvalue weighted by molar-refractivity contribution is 6.32. The zero-order chi connectivity index (χ0) is 16.7. The van der Waals surface area contributed by atoms with Gasteiger partial charge in [0.1, 0.15) is 11.6 Å². The minimum absolute atomic E-state index is 0.0147. The van der Waals surface area contributed by atoms with Crippen LogP contribution in [-0.2, 0) is 25.9 Å². The predicted molar refractivity (Wildman–Crippen MR) is 92.2 cm³/mol. The van der Waals surface area contributed by atoms with Crippen LogP contribution >= 0.6 is 11.6 Å². The van der Waals surface area contributed by atoms with E-state index in [0.29, 0.717) is 30.5 Å². The molecule has 0 radical (unpaired) electrons. The molecule has 2 aliphatic rings. The molecule has 2 heterocycles. The van der Waals surface area contributed by atoms with Crippen molar-refractivity contribution in [3.63, 3.8) is 0 Å². The minimum Gasteiger partial charge on any atom is -0.506 e. The van der Waals surface area contributed by atoms with E-state index in [4.69, 9.17) is 16.6 Å². The van der Waals surface area contributed by atoms with Gasteiger partial charge in [-0.15, -0.1) is 0 Å². The first-order chi connectivity index (χ1) is 11.6. The molecule has 5 nitrogen and oxygen atoms in total. The lowest BCUT2D eigenvalue weighted by atomic mass is 10.0. The fourth-order valence-corrected chi connectivity index (χ4v) is 3.49. The molecule has 0 bridgehead atoms. The van der Waals surface area contributed by atoms with Gasteiger partial charge in [0.15, 0.2) is 0 Å². The molecule has 0 atom stereocenters. The summed E-state index contributed by atoms with van der Waals surface area (Å²) in [5, 5.41) is 10.5. The number of phenols is 1. The number of benzene rings is 1. The third-order valence-corrected chi connectivity index (χ3v) is 5.15. The molecular weight excluding hydrogens is 326 g/mol. The highest BCUT2D eigenvalue weighted by atomic mass is 35.5. The zero-order valence-corrected chi connectivity index (χ0v) is 14.1. The van der Waals surface area contributed by atoms with Crippen LogP contribution in [0.4, 0.5) is 0 Å². The molecule has 1 aromatic heterocycles. The van der Waals surface area contributed by atoms with Gasteiger partial charge in [-0.3, -0.25) is 9.69 Å². The summed E-state index contributed by atoms with van der Waals surface area (Å²) in [7, 11) is 0. The number of nitrogens with one attached hydrogen (secondary N) is 1. The number of phenolic OH excluding ortho intramolecular Hbond substituents is 1. The van der Waals surface area contributed by atoms with E-state index in [0.717, 1.165) is 35.6 Å². The number of fused-ring (bicyclic) bond motifs is 1. The van der Waals surface area contributed by atoms with Crippen molar-refractivity contribution in [3.8, 4) is 5.75 Å². The number of aromatic hydroxyl groups is 1. The molecule has 1 aliphatic heterocycles. The van der Waals surface area contributed by atoms with Crippen LogP contribution < -0.4 is 5.56 Å². The second-order valence-corrected chi connectivity index (χ2v) is 7.20. The Morgan fingerprint density at radius 3 is 3.00 bits per heavy atom. The summed E-state index contributed by atoms with van der Waals surface area (Å²) in [6.45, 7) is 1.99. The zero-order valence-electron chi connectivity index (χ0n) is 13.4. The second-order valence-electron chi connectivity index (χ2n) is 6.79. The Morgan fingerprint density at radius 2 is 2.21 bits per heavy atom. The lowest BCUT2D eigenvalue weighted by Crippen LogP contribution is -2.35. The first kappa shape index (κ1) is 15.7. The first-order valence-corrected chi connectivity index (χ1v) is 8.77. The number of halogens is 1. The van der Waals surface area contributed by atoms with E-state index in [1.165, 1.54) is 12.8 Å². The minimum atomic E-state index is 0.0147. The van der Waals surface area contributed by atoms with E-state index in [1.807, 2.05) is 12.1 Å². The summed E-state index contributed by atoms with van der Waals surface area (Å²) in [6, 6.07) is 5.39. The first-order valence-electron chi connectivity index (χ1n) is 8.40. The molecule has 24 heavy (non-hydrogen) atoms. The van der Waals surface area contributed by atoms with Crippen molar-refractivity contribution in [1.29, 1.82) is 0 Å². The van der Waals surface area contributed by atoms with Crippen LogP contribution in [0.2, 0.25) is 5.02 Å². The maximum Gasteiger partial charge on any atom is 0.254 e. The summed E-state index contributed by atoms with van der Waals surface area (Å²) in [4.78, 5) is 22.1. The number of hydrogen-bond acceptors (Lipinski definition) is 4. The number of rotatable bonds is 4. The van der Waals surface area contributed by atoms with Gasteiger partial charge in [0, 0.05) is 37.2 Å². The van der Waals surface area contributed by atoms with Crippen LogP contribution in [0.15, 0.2) is 23.0 Å². The van der Waals surface area contributed by atoms with E-state index >= 15 is 0 Å². The smallest absolute Gasteiger partial charge is 0.254 e. The standard InChI is InChI=1S/C18H20ClN3O2/c19-14-3-1-2-12(17(14)23)9-22-7-6-13-15(10-22)20-16(21-18(13)24)8-11-4-5-11/h1-3,11,23H,4-10H2,(H,20,21,24). The highest BCUT2D eigenvalue weighted by Crippen LogP contribution is 2.32.